The molecule has 5 spiro atoms. The minimum Gasteiger partial charge on any atom is -0.492 e. The Hall–Kier alpha value is -10.7. The zero-order valence-corrected chi connectivity index (χ0v) is 82.3. The lowest BCUT2D eigenvalue weighted by Crippen LogP contribution is -2.61. The van der Waals surface area contributed by atoms with Gasteiger partial charge in [-0.1, -0.05) is 164 Å². The lowest BCUT2D eigenvalue weighted by Gasteiger charge is -2.57. The molecule has 18 nitrogen and oxygen atoms in total. The van der Waals surface area contributed by atoms with Crippen LogP contribution in [-0.4, -0.2) is 99.0 Å². The third-order valence-electron chi connectivity index (χ3n) is 35.5. The van der Waals surface area contributed by atoms with E-state index in [1.54, 1.807) is 0 Å². The van der Waals surface area contributed by atoms with Crippen LogP contribution in [0.3, 0.4) is 0 Å². The molecule has 722 valence electrons. The molecular weight excluding hydrogens is 1700 g/mol. The fraction of sp³-hybridized carbons (Fsp3) is 0.513. The molecule has 4 amide bonds. The first kappa shape index (κ1) is 95.3. The molecule has 7 heterocycles. The summed E-state index contributed by atoms with van der Waals surface area (Å²) in [6.07, 6.45) is 32.1. The van der Waals surface area contributed by atoms with Gasteiger partial charge in [0, 0.05) is 103 Å². The molecule has 8 aromatic carbocycles. The summed E-state index contributed by atoms with van der Waals surface area (Å²) in [5.41, 5.74) is 19.6. The number of hydrogen-bond donors (Lipinski definition) is 7. The Morgan fingerprint density at radius 3 is 1.41 bits per heavy atom. The lowest BCUT2D eigenvalue weighted by atomic mass is 9.53. The van der Waals surface area contributed by atoms with Crippen molar-refractivity contribution in [2.45, 2.75) is 306 Å². The van der Waals surface area contributed by atoms with Crippen molar-refractivity contribution in [2.24, 2.45) is 53.3 Å². The molecule has 9 fully saturated rings. The molecule has 5 atom stereocenters. The normalized spacial score (nSPS) is 29.5. The highest BCUT2D eigenvalue weighted by Crippen LogP contribution is 2.60. The summed E-state index contributed by atoms with van der Waals surface area (Å²) in [7, 11) is 0. The maximum absolute atomic E-state index is 13.3. The van der Waals surface area contributed by atoms with E-state index in [1.807, 2.05) is 106 Å². The first-order chi connectivity index (χ1) is 66.3. The molecule has 24 rings (SSSR count). The van der Waals surface area contributed by atoms with Gasteiger partial charge in [-0.05, 0) is 345 Å². The molecule has 0 saturated heterocycles. The number of H-pyrrole nitrogens is 1. The van der Waals surface area contributed by atoms with Gasteiger partial charge in [0.05, 0.1) is 44.2 Å². The number of pyridine rings is 1. The highest BCUT2D eigenvalue weighted by atomic mass is 16.5. The molecule has 2 aromatic heterocycles. The van der Waals surface area contributed by atoms with E-state index in [2.05, 4.69) is 182 Å². The van der Waals surface area contributed by atoms with E-state index < -0.39 is 0 Å². The molecule has 5 aliphatic heterocycles. The molecule has 9 saturated carbocycles. The topological polar surface area (TPSA) is 245 Å². The second-order valence-corrected chi connectivity index (χ2v) is 44.4. The average molecular weight is 1850 g/mol. The number of hydrogen-bond acceptors (Lipinski definition) is 13. The number of aliphatic hydroxyl groups is 2. The third kappa shape index (κ3) is 19.9. The van der Waals surface area contributed by atoms with Crippen LogP contribution in [0.4, 0.5) is 11.4 Å². The van der Waals surface area contributed by atoms with Gasteiger partial charge in [-0.25, -0.2) is 9.97 Å². The molecule has 4 bridgehead atoms. The SMILES string of the molecule is CC(C(=O)NC12CC3CC(CC(C3)C1)C2)C1CCC2(CC1)OCc1ccccc12.Cc1ccc(C(=O)NC(C)C2CCC3(CC2)COc2ccccc23)cc1.Cc1ccc(NC(=O)CC2CCC3(CC2)c2cccc(C)c2OC3CO)cc1.Cc1ccc(NC(=O)CC2CCC3(CC2)c2cccc(C)c2OC3CO)cc1.Cc1cnc2nc([C@@H](C)C3CCC4(CC3)COc3ccccc34)[nH]c2c1. The number of nitrogens with one attached hydrogen (secondary N) is 5. The van der Waals surface area contributed by atoms with Crippen LogP contribution >= 0.6 is 0 Å². The number of aliphatic hydroxyl groups excluding tert-OH is 2. The fourth-order valence-corrected chi connectivity index (χ4v) is 27.6. The van der Waals surface area contributed by atoms with Crippen molar-refractivity contribution in [1.29, 1.82) is 0 Å². The fourth-order valence-electron chi connectivity index (χ4n) is 27.6. The van der Waals surface area contributed by atoms with E-state index in [4.69, 9.17) is 28.7 Å². The van der Waals surface area contributed by atoms with Crippen LogP contribution in [-0.2, 0) is 53.0 Å². The number of carbonyl (C=O) groups excluding carboxylic acids is 4. The van der Waals surface area contributed by atoms with Crippen molar-refractivity contribution in [3.05, 3.63) is 272 Å². The van der Waals surface area contributed by atoms with Gasteiger partial charge < -0.3 is 60.1 Å². The summed E-state index contributed by atoms with van der Waals surface area (Å²) < 4.78 is 30.6. The van der Waals surface area contributed by atoms with Crippen molar-refractivity contribution >= 4 is 46.2 Å². The van der Waals surface area contributed by atoms with E-state index in [0.29, 0.717) is 54.3 Å². The highest BCUT2D eigenvalue weighted by molar-refractivity contribution is 5.94. The molecular formula is C119H145N7O11. The van der Waals surface area contributed by atoms with Gasteiger partial charge >= 0.3 is 0 Å². The number of anilines is 2. The number of benzene rings is 8. The van der Waals surface area contributed by atoms with Crippen LogP contribution in [0.25, 0.3) is 11.2 Å². The van der Waals surface area contributed by atoms with Gasteiger partial charge in [0.25, 0.3) is 5.91 Å². The Kier molecular flexibility index (Phi) is 28.0. The van der Waals surface area contributed by atoms with Crippen molar-refractivity contribution < 1.29 is 53.1 Å². The Bertz CT molecular complexity index is 5740. The summed E-state index contributed by atoms with van der Waals surface area (Å²) in [6.45, 7) is 21.4. The minimum absolute atomic E-state index is 0.0344. The monoisotopic (exact) mass is 1850 g/mol. The van der Waals surface area contributed by atoms with Crippen LogP contribution in [0.2, 0.25) is 0 Å². The van der Waals surface area contributed by atoms with Crippen LogP contribution in [0, 0.1) is 94.8 Å². The Morgan fingerprint density at radius 2 is 0.920 bits per heavy atom. The van der Waals surface area contributed by atoms with Gasteiger partial charge in [0.15, 0.2) is 5.65 Å². The van der Waals surface area contributed by atoms with Crippen molar-refractivity contribution in [3.8, 4) is 23.0 Å². The number of fused-ring (bicyclic) bond motifs is 11. The average Bonchev–Trinajstić information content (AvgIpc) is 1.70. The number of aryl methyl sites for hydroxylation is 6. The first-order valence-corrected chi connectivity index (χ1v) is 52.0. The van der Waals surface area contributed by atoms with Crippen LogP contribution in [0.5, 0.6) is 23.0 Å². The zero-order chi connectivity index (χ0) is 95.0. The molecule has 14 aliphatic rings. The van der Waals surface area contributed by atoms with Gasteiger partial charge in [0.1, 0.15) is 41.0 Å². The summed E-state index contributed by atoms with van der Waals surface area (Å²) >= 11 is 0. The molecule has 0 radical (unpaired) electrons. The maximum Gasteiger partial charge on any atom is 0.251 e. The predicted octanol–water partition coefficient (Wildman–Crippen LogP) is 23.9. The Morgan fingerprint density at radius 1 is 0.474 bits per heavy atom. The minimum atomic E-state index is -0.175. The van der Waals surface area contributed by atoms with Crippen molar-refractivity contribution in [3.63, 3.8) is 0 Å². The summed E-state index contributed by atoms with van der Waals surface area (Å²) in [6, 6.07) is 64.3. The van der Waals surface area contributed by atoms with Crippen molar-refractivity contribution in [2.75, 3.05) is 37.1 Å². The van der Waals surface area contributed by atoms with Crippen LogP contribution < -0.4 is 40.2 Å². The number of ether oxygens (including phenoxy) is 5. The first-order valence-electron chi connectivity index (χ1n) is 52.0. The van der Waals surface area contributed by atoms with Gasteiger partial charge in [0.2, 0.25) is 17.7 Å². The largest absolute Gasteiger partial charge is 0.492 e. The Balaban J connectivity index is 0.000000110. The number of carbonyl (C=O) groups is 4. The van der Waals surface area contributed by atoms with E-state index >= 15 is 0 Å². The standard InChI is InChI=1S/C26H35NO2.2C24H29NO3.C23H27NO2.C22H25N3O/c1-17(24(28)27-25-13-18-10-19(14-25)12-20(11-18)15-25)21-6-8-26(9-7-21)23-5-3-2-4-22(23)16-29-26;2*1-16-6-8-19(9-7-16)25-22(27)14-18-10-12-24(13-11-18)20-5-3-4-17(2)23(20)28-21(24)15-26;1-16-7-9-19(10-8-16)22(25)24-17(2)18-11-13-23(14-12-18)15-26-21-6-4-3-5-20(21)23;1-14-11-18-21(23-12-14)25-20(24-18)15(2)16-7-9-22(10-8-16)13-26-19-6-4-3-5-17(19)22/h2-5,17-21H,6-16H2,1H3,(H,27,28);2*3-9,18,21,26H,10-15H2,1-2H3,(H,25,27);3-10,17-18H,11-15H2,1-2H3,(H,24,25);3-6,11-12,15-16H,7-10,13H2,1-2H3,(H,23,24,25)/t;;;;15-,16?,22?/m....0/s1. The summed E-state index contributed by atoms with van der Waals surface area (Å²) in [5.74, 6) is 11.3. The number of amides is 4. The van der Waals surface area contributed by atoms with Crippen LogP contribution in [0.1, 0.15) is 289 Å². The molecule has 9 aliphatic carbocycles. The molecule has 18 heteroatoms. The van der Waals surface area contributed by atoms with E-state index in [-0.39, 0.29) is 87.9 Å². The summed E-state index contributed by atoms with van der Waals surface area (Å²) in [5, 5.41) is 32.8. The second kappa shape index (κ2) is 40.3. The second-order valence-electron chi connectivity index (χ2n) is 44.4. The smallest absolute Gasteiger partial charge is 0.251 e. The van der Waals surface area contributed by atoms with E-state index in [0.717, 1.165) is 208 Å². The predicted molar refractivity (Wildman–Crippen MR) is 541 cm³/mol. The van der Waals surface area contributed by atoms with E-state index in [9.17, 15) is 29.4 Å². The third-order valence-corrected chi connectivity index (χ3v) is 35.5. The number of imidazole rings is 1. The van der Waals surface area contributed by atoms with Gasteiger partial charge in [-0.2, -0.15) is 0 Å². The number of nitrogens with zero attached hydrogens (tertiary/aromatic N) is 2. The molecule has 4 unspecified atom stereocenters. The number of rotatable bonds is 16. The number of aromatic amines is 1. The quantitative estimate of drug-likeness (QED) is 0.0476. The maximum atomic E-state index is 13.3. The zero-order valence-electron chi connectivity index (χ0n) is 82.3. The van der Waals surface area contributed by atoms with Crippen LogP contribution in [0.15, 0.2) is 194 Å². The Labute approximate surface area is 811 Å². The number of aromatic nitrogens is 3. The van der Waals surface area contributed by atoms with Gasteiger partial charge in [-0.3, -0.25) is 19.2 Å². The number of para-hydroxylation sites is 4. The van der Waals surface area contributed by atoms with Crippen molar-refractivity contribution in [1.82, 2.24) is 25.6 Å². The molecule has 10 aromatic rings. The highest BCUT2D eigenvalue weighted by Gasteiger charge is 2.56. The van der Waals surface area contributed by atoms with Gasteiger partial charge in [-0.15, -0.1) is 0 Å². The summed E-state index contributed by atoms with van der Waals surface area (Å²) in [4.78, 5) is 63.4. The molecule has 137 heavy (non-hydrogen) atoms. The molecule has 7 N–H and O–H groups in total. The lowest BCUT2D eigenvalue weighted by molar-refractivity contribution is -0.134. The van der Waals surface area contributed by atoms with E-state index in [1.165, 1.54) is 120 Å².